The fraction of sp³-hybridized carbons (Fsp3) is 0.562. The van der Waals surface area contributed by atoms with Gasteiger partial charge in [-0.3, -0.25) is 4.79 Å². The van der Waals surface area contributed by atoms with Crippen molar-refractivity contribution in [1.29, 1.82) is 0 Å². The largest absolute Gasteiger partial charge is 0.353 e. The van der Waals surface area contributed by atoms with Crippen molar-refractivity contribution >= 4 is 40.9 Å². The molecule has 0 radical (unpaired) electrons. The van der Waals surface area contributed by atoms with Gasteiger partial charge in [-0.05, 0) is 43.9 Å². The molecule has 1 amide bonds. The molecule has 1 saturated carbocycles. The maximum atomic E-state index is 12.1. The number of carbonyl (C=O) groups is 1. The SMILES string of the molecule is O=C(CSc1cc(Cl)ccc1Cl)NC1CCN(C2CC2)CC1. The molecule has 2 aliphatic rings. The van der Waals surface area contributed by atoms with Crippen molar-refractivity contribution in [3.05, 3.63) is 28.2 Å². The Morgan fingerprint density at radius 2 is 1.95 bits per heavy atom. The van der Waals surface area contributed by atoms with Crippen LogP contribution in [0.5, 0.6) is 0 Å². The maximum Gasteiger partial charge on any atom is 0.230 e. The first-order valence-corrected chi connectivity index (χ1v) is 9.47. The molecule has 1 heterocycles. The number of rotatable bonds is 5. The van der Waals surface area contributed by atoms with Crippen molar-refractivity contribution < 1.29 is 4.79 Å². The van der Waals surface area contributed by atoms with Crippen LogP contribution in [0.4, 0.5) is 0 Å². The van der Waals surface area contributed by atoms with E-state index in [2.05, 4.69) is 10.2 Å². The number of piperidine rings is 1. The van der Waals surface area contributed by atoms with Crippen LogP contribution in [0.1, 0.15) is 25.7 Å². The number of nitrogens with zero attached hydrogens (tertiary/aromatic N) is 1. The quantitative estimate of drug-likeness (QED) is 0.811. The van der Waals surface area contributed by atoms with Crippen molar-refractivity contribution in [2.24, 2.45) is 0 Å². The standard InChI is InChI=1S/C16H20Cl2N2OS/c17-11-1-4-14(18)15(9-11)22-10-16(21)19-12-5-7-20(8-6-12)13-2-3-13/h1,4,9,12-13H,2-3,5-8,10H2,(H,19,21). The Balaban J connectivity index is 1.41. The highest BCUT2D eigenvalue weighted by Gasteiger charge is 2.32. The van der Waals surface area contributed by atoms with Gasteiger partial charge >= 0.3 is 0 Å². The zero-order valence-corrected chi connectivity index (χ0v) is 14.7. The van der Waals surface area contributed by atoms with Crippen molar-refractivity contribution in [3.63, 3.8) is 0 Å². The first kappa shape index (κ1) is 16.4. The normalized spacial score (nSPS) is 20.1. The molecule has 1 saturated heterocycles. The van der Waals surface area contributed by atoms with Crippen molar-refractivity contribution in [2.45, 2.75) is 42.7 Å². The van der Waals surface area contributed by atoms with E-state index >= 15 is 0 Å². The lowest BCUT2D eigenvalue weighted by atomic mass is 10.1. The fourth-order valence-corrected chi connectivity index (χ4v) is 4.15. The molecule has 1 aromatic carbocycles. The molecule has 1 aromatic rings. The van der Waals surface area contributed by atoms with Gasteiger partial charge in [0.2, 0.25) is 5.91 Å². The molecule has 1 N–H and O–H groups in total. The fourth-order valence-electron chi connectivity index (χ4n) is 2.85. The molecule has 22 heavy (non-hydrogen) atoms. The molecule has 3 rings (SSSR count). The number of likely N-dealkylation sites (tertiary alicyclic amines) is 1. The van der Waals surface area contributed by atoms with Crippen molar-refractivity contribution in [3.8, 4) is 0 Å². The van der Waals surface area contributed by atoms with Gasteiger partial charge in [-0.15, -0.1) is 11.8 Å². The highest BCUT2D eigenvalue weighted by atomic mass is 35.5. The Morgan fingerprint density at radius 3 is 2.64 bits per heavy atom. The number of hydrogen-bond acceptors (Lipinski definition) is 3. The summed E-state index contributed by atoms with van der Waals surface area (Å²) in [5.74, 6) is 0.453. The van der Waals surface area contributed by atoms with Gasteiger partial charge in [0.25, 0.3) is 0 Å². The maximum absolute atomic E-state index is 12.1. The van der Waals surface area contributed by atoms with Crippen LogP contribution < -0.4 is 5.32 Å². The number of thioether (sulfide) groups is 1. The second-order valence-electron chi connectivity index (χ2n) is 5.97. The Morgan fingerprint density at radius 1 is 1.23 bits per heavy atom. The first-order valence-electron chi connectivity index (χ1n) is 7.73. The van der Waals surface area contributed by atoms with Gasteiger partial charge in [0, 0.05) is 35.1 Å². The summed E-state index contributed by atoms with van der Waals surface area (Å²) in [4.78, 5) is 15.5. The molecule has 0 unspecified atom stereocenters. The summed E-state index contributed by atoms with van der Waals surface area (Å²) in [5.41, 5.74) is 0. The lowest BCUT2D eigenvalue weighted by molar-refractivity contribution is -0.119. The zero-order chi connectivity index (χ0) is 15.5. The van der Waals surface area contributed by atoms with Crippen LogP contribution in [0.3, 0.4) is 0 Å². The molecular weight excluding hydrogens is 339 g/mol. The number of carbonyl (C=O) groups excluding carboxylic acids is 1. The molecule has 1 aliphatic carbocycles. The monoisotopic (exact) mass is 358 g/mol. The van der Waals surface area contributed by atoms with E-state index in [0.29, 0.717) is 21.8 Å². The molecule has 0 aromatic heterocycles. The zero-order valence-electron chi connectivity index (χ0n) is 12.4. The number of amides is 1. The van der Waals surface area contributed by atoms with E-state index in [1.165, 1.54) is 24.6 Å². The van der Waals surface area contributed by atoms with Gasteiger partial charge in [-0.25, -0.2) is 0 Å². The predicted molar refractivity (Wildman–Crippen MR) is 92.9 cm³/mol. The predicted octanol–water partition coefficient (Wildman–Crippen LogP) is 3.83. The molecule has 0 spiro atoms. The van der Waals surface area contributed by atoms with Gasteiger partial charge in [0.1, 0.15) is 0 Å². The van der Waals surface area contributed by atoms with Crippen molar-refractivity contribution in [2.75, 3.05) is 18.8 Å². The minimum Gasteiger partial charge on any atom is -0.353 e. The minimum absolute atomic E-state index is 0.0749. The Bertz CT molecular complexity index is 543. The van der Waals surface area contributed by atoms with Gasteiger partial charge in [-0.2, -0.15) is 0 Å². The third kappa shape index (κ3) is 4.54. The summed E-state index contributed by atoms with van der Waals surface area (Å²) < 4.78 is 0. The van der Waals surface area contributed by atoms with Gasteiger partial charge in [-0.1, -0.05) is 23.2 Å². The number of halogens is 2. The molecule has 6 heteroatoms. The van der Waals surface area contributed by atoms with E-state index in [4.69, 9.17) is 23.2 Å². The highest BCUT2D eigenvalue weighted by molar-refractivity contribution is 8.00. The van der Waals surface area contributed by atoms with Crippen LogP contribution in [0.25, 0.3) is 0 Å². The van der Waals surface area contributed by atoms with Crippen LogP contribution in [-0.2, 0) is 4.79 Å². The number of nitrogens with one attached hydrogen (secondary N) is 1. The van der Waals surface area contributed by atoms with Gasteiger partial charge < -0.3 is 10.2 Å². The average molecular weight is 359 g/mol. The Hall–Kier alpha value is -0.420. The average Bonchev–Trinajstić information content (AvgIpc) is 3.34. The first-order chi connectivity index (χ1) is 10.6. The van der Waals surface area contributed by atoms with Gasteiger partial charge in [0.15, 0.2) is 0 Å². The topological polar surface area (TPSA) is 32.3 Å². The van der Waals surface area contributed by atoms with E-state index in [1.807, 2.05) is 0 Å². The molecule has 1 aliphatic heterocycles. The Kier molecular flexibility index (Phi) is 5.55. The summed E-state index contributed by atoms with van der Waals surface area (Å²) in [7, 11) is 0. The molecule has 0 atom stereocenters. The third-order valence-corrected chi connectivity index (χ3v) is 5.94. The van der Waals surface area contributed by atoms with Crippen LogP contribution in [0, 0.1) is 0 Å². The molecule has 0 bridgehead atoms. The summed E-state index contributed by atoms with van der Waals surface area (Å²) >= 11 is 13.5. The van der Waals surface area contributed by atoms with E-state index < -0.39 is 0 Å². The highest BCUT2D eigenvalue weighted by Crippen LogP contribution is 2.30. The van der Waals surface area contributed by atoms with Crippen LogP contribution in [0.15, 0.2) is 23.1 Å². The summed E-state index contributed by atoms with van der Waals surface area (Å²) in [6.07, 6.45) is 4.83. The Labute approximate surface area is 145 Å². The summed E-state index contributed by atoms with van der Waals surface area (Å²) in [6, 6.07) is 6.46. The van der Waals surface area contributed by atoms with Gasteiger partial charge in [0.05, 0.1) is 10.8 Å². The van der Waals surface area contributed by atoms with Crippen LogP contribution >= 0.6 is 35.0 Å². The second-order valence-corrected chi connectivity index (χ2v) is 7.83. The lowest BCUT2D eigenvalue weighted by Gasteiger charge is -2.32. The summed E-state index contributed by atoms with van der Waals surface area (Å²) in [5, 5.41) is 4.42. The number of hydrogen-bond donors (Lipinski definition) is 1. The summed E-state index contributed by atoms with van der Waals surface area (Å²) in [6.45, 7) is 2.23. The van der Waals surface area contributed by atoms with E-state index in [0.717, 1.165) is 36.9 Å². The second kappa shape index (κ2) is 7.43. The smallest absolute Gasteiger partial charge is 0.230 e. The lowest BCUT2D eigenvalue weighted by Crippen LogP contribution is -2.45. The van der Waals surface area contributed by atoms with Crippen LogP contribution in [-0.4, -0.2) is 41.7 Å². The van der Waals surface area contributed by atoms with E-state index in [9.17, 15) is 4.79 Å². The molecule has 120 valence electrons. The molecule has 2 fully saturated rings. The number of benzene rings is 1. The van der Waals surface area contributed by atoms with Crippen LogP contribution in [0.2, 0.25) is 10.0 Å². The third-order valence-electron chi connectivity index (χ3n) is 4.21. The van der Waals surface area contributed by atoms with Crippen molar-refractivity contribution in [1.82, 2.24) is 10.2 Å². The molecule has 3 nitrogen and oxygen atoms in total. The van der Waals surface area contributed by atoms with E-state index in [-0.39, 0.29) is 5.91 Å². The van der Waals surface area contributed by atoms with E-state index in [1.54, 1.807) is 18.2 Å². The molecular formula is C16H20Cl2N2OS. The minimum atomic E-state index is 0.0749.